The summed E-state index contributed by atoms with van der Waals surface area (Å²) in [4.78, 5) is 15.1. The molecule has 2 aromatic rings. The highest BCUT2D eigenvalue weighted by molar-refractivity contribution is 5.91. The van der Waals surface area contributed by atoms with Gasteiger partial charge in [0.15, 0.2) is 5.69 Å². The minimum Gasteiger partial charge on any atom is -0.347 e. The summed E-state index contributed by atoms with van der Waals surface area (Å²) in [6, 6.07) is 8.87. The van der Waals surface area contributed by atoms with Gasteiger partial charge in [0.05, 0.1) is 12.2 Å². The van der Waals surface area contributed by atoms with E-state index in [-0.39, 0.29) is 5.91 Å². The summed E-state index contributed by atoms with van der Waals surface area (Å²) in [5, 5.41) is 14.6. The summed E-state index contributed by atoms with van der Waals surface area (Å²) in [5.74, 6) is -0.164. The quantitative estimate of drug-likeness (QED) is 0.785. The van der Waals surface area contributed by atoms with E-state index in [1.807, 2.05) is 4.68 Å². The largest absolute Gasteiger partial charge is 0.347 e. The fourth-order valence-corrected chi connectivity index (χ4v) is 4.29. The fraction of sp³-hybridized carbons (Fsp3) is 0.591. The number of amides is 1. The third-order valence-corrected chi connectivity index (χ3v) is 5.98. The van der Waals surface area contributed by atoms with Gasteiger partial charge in [-0.2, -0.15) is 0 Å². The molecule has 3 heterocycles. The summed E-state index contributed by atoms with van der Waals surface area (Å²) in [6.07, 6.45) is 9.13. The van der Waals surface area contributed by atoms with Crippen LogP contribution in [0, 0.1) is 0 Å². The molecule has 0 aliphatic carbocycles. The fourth-order valence-electron chi connectivity index (χ4n) is 4.29. The molecule has 2 saturated heterocycles. The van der Waals surface area contributed by atoms with Gasteiger partial charge >= 0.3 is 0 Å². The van der Waals surface area contributed by atoms with Crippen LogP contribution >= 0.6 is 0 Å². The van der Waals surface area contributed by atoms with E-state index in [0.29, 0.717) is 18.3 Å². The molecular weight excluding hydrogens is 364 g/mol. The number of nitrogens with zero attached hydrogens (tertiary/aromatic N) is 4. The normalized spacial score (nSPS) is 19.0. The van der Waals surface area contributed by atoms with Crippen molar-refractivity contribution in [3.05, 3.63) is 47.3 Å². The Hall–Kier alpha value is -2.25. The van der Waals surface area contributed by atoms with E-state index in [2.05, 4.69) is 50.1 Å². The van der Waals surface area contributed by atoms with Gasteiger partial charge in [0.2, 0.25) is 0 Å². The van der Waals surface area contributed by atoms with Gasteiger partial charge in [-0.05, 0) is 63.0 Å². The maximum absolute atomic E-state index is 12.5. The van der Waals surface area contributed by atoms with Crippen molar-refractivity contribution >= 4 is 5.91 Å². The first-order chi connectivity index (χ1) is 14.3. The van der Waals surface area contributed by atoms with Crippen molar-refractivity contribution in [3.63, 3.8) is 0 Å². The third-order valence-electron chi connectivity index (χ3n) is 5.98. The molecule has 2 aliphatic rings. The molecule has 2 aliphatic heterocycles. The van der Waals surface area contributed by atoms with Crippen LogP contribution in [0.15, 0.2) is 30.5 Å². The lowest BCUT2D eigenvalue weighted by Gasteiger charge is -2.22. The van der Waals surface area contributed by atoms with Crippen LogP contribution in [0.3, 0.4) is 0 Å². The zero-order valence-corrected chi connectivity index (χ0v) is 17.1. The van der Waals surface area contributed by atoms with Gasteiger partial charge in [0.25, 0.3) is 5.91 Å². The number of rotatable bonds is 6. The average molecular weight is 397 g/mol. The number of aromatic nitrogens is 3. The second-order valence-corrected chi connectivity index (χ2v) is 8.26. The van der Waals surface area contributed by atoms with Crippen LogP contribution in [-0.4, -0.2) is 52.0 Å². The third kappa shape index (κ3) is 5.64. The van der Waals surface area contributed by atoms with E-state index < -0.39 is 0 Å². The van der Waals surface area contributed by atoms with E-state index in [0.717, 1.165) is 38.0 Å². The van der Waals surface area contributed by atoms with Crippen LogP contribution in [0.4, 0.5) is 0 Å². The highest BCUT2D eigenvalue weighted by Crippen LogP contribution is 2.17. The van der Waals surface area contributed by atoms with Crippen LogP contribution in [0.2, 0.25) is 0 Å². The maximum Gasteiger partial charge on any atom is 0.273 e. The molecule has 2 N–H and O–H groups in total. The smallest absolute Gasteiger partial charge is 0.273 e. The predicted octanol–water partition coefficient (Wildman–Crippen LogP) is 2.51. The first-order valence-corrected chi connectivity index (χ1v) is 11.0. The summed E-state index contributed by atoms with van der Waals surface area (Å²) in [7, 11) is 0. The molecule has 1 aromatic carbocycles. The van der Waals surface area contributed by atoms with Crippen LogP contribution in [-0.2, 0) is 13.1 Å². The topological polar surface area (TPSA) is 75.1 Å². The van der Waals surface area contributed by atoms with Gasteiger partial charge in [-0.3, -0.25) is 9.69 Å². The summed E-state index contributed by atoms with van der Waals surface area (Å²) < 4.78 is 1.84. The number of likely N-dealkylation sites (tertiary alicyclic amines) is 1. The molecule has 0 unspecified atom stereocenters. The van der Waals surface area contributed by atoms with E-state index in [9.17, 15) is 4.79 Å². The van der Waals surface area contributed by atoms with Crippen molar-refractivity contribution in [2.45, 2.75) is 57.7 Å². The Bertz CT molecular complexity index is 790. The Labute approximate surface area is 172 Å². The van der Waals surface area contributed by atoms with Crippen LogP contribution in [0.25, 0.3) is 0 Å². The van der Waals surface area contributed by atoms with Gasteiger partial charge in [-0.15, -0.1) is 5.10 Å². The number of piperidine rings is 1. The number of carbonyl (C=O) groups is 1. The van der Waals surface area contributed by atoms with Gasteiger partial charge in [0.1, 0.15) is 0 Å². The summed E-state index contributed by atoms with van der Waals surface area (Å²) in [6.45, 7) is 5.85. The highest BCUT2D eigenvalue weighted by Gasteiger charge is 2.18. The van der Waals surface area contributed by atoms with Gasteiger partial charge in [-0.1, -0.05) is 42.3 Å². The maximum atomic E-state index is 12.5. The zero-order valence-electron chi connectivity index (χ0n) is 17.1. The van der Waals surface area contributed by atoms with Crippen molar-refractivity contribution < 1.29 is 4.79 Å². The highest BCUT2D eigenvalue weighted by atomic mass is 16.2. The molecule has 1 aromatic heterocycles. The van der Waals surface area contributed by atoms with Crippen molar-refractivity contribution in [1.29, 1.82) is 0 Å². The zero-order chi connectivity index (χ0) is 19.9. The molecule has 4 rings (SSSR count). The lowest BCUT2D eigenvalue weighted by Crippen LogP contribution is -2.29. The second kappa shape index (κ2) is 9.98. The van der Waals surface area contributed by atoms with E-state index in [1.165, 1.54) is 44.3 Å². The van der Waals surface area contributed by atoms with Crippen molar-refractivity contribution in [3.8, 4) is 0 Å². The molecule has 7 nitrogen and oxygen atoms in total. The van der Waals surface area contributed by atoms with Gasteiger partial charge < -0.3 is 10.6 Å². The van der Waals surface area contributed by atoms with Crippen molar-refractivity contribution in [2.75, 3.05) is 26.2 Å². The Morgan fingerprint density at radius 1 is 1.10 bits per heavy atom. The molecule has 156 valence electrons. The van der Waals surface area contributed by atoms with E-state index in [4.69, 9.17) is 0 Å². The van der Waals surface area contributed by atoms with E-state index in [1.54, 1.807) is 6.20 Å². The minimum absolute atomic E-state index is 0.164. The van der Waals surface area contributed by atoms with Gasteiger partial charge in [0, 0.05) is 13.1 Å². The average Bonchev–Trinajstić information content (AvgIpc) is 3.12. The molecular formula is C22H32N6O. The van der Waals surface area contributed by atoms with E-state index >= 15 is 0 Å². The molecule has 0 saturated carbocycles. The summed E-state index contributed by atoms with van der Waals surface area (Å²) >= 11 is 0. The van der Waals surface area contributed by atoms with Crippen LogP contribution < -0.4 is 10.6 Å². The Kier molecular flexibility index (Phi) is 6.90. The lowest BCUT2D eigenvalue weighted by molar-refractivity contribution is 0.0945. The Balaban J connectivity index is 1.30. The first kappa shape index (κ1) is 20.0. The SMILES string of the molecule is O=C(NCc1cccc(CN2CCCCCC2)c1)c1cn(C2CCNCC2)nn1. The Morgan fingerprint density at radius 2 is 1.86 bits per heavy atom. The molecule has 7 heteroatoms. The number of hydrogen-bond acceptors (Lipinski definition) is 5. The second-order valence-electron chi connectivity index (χ2n) is 8.26. The van der Waals surface area contributed by atoms with Crippen molar-refractivity contribution in [1.82, 2.24) is 30.5 Å². The molecule has 1 amide bonds. The number of hydrogen-bond donors (Lipinski definition) is 2. The minimum atomic E-state index is -0.164. The molecule has 0 bridgehead atoms. The molecule has 0 spiro atoms. The predicted molar refractivity (Wildman–Crippen MR) is 113 cm³/mol. The molecule has 0 radical (unpaired) electrons. The van der Waals surface area contributed by atoms with Crippen LogP contribution in [0.1, 0.15) is 66.2 Å². The number of nitrogens with one attached hydrogen (secondary N) is 2. The molecule has 29 heavy (non-hydrogen) atoms. The number of benzene rings is 1. The monoisotopic (exact) mass is 396 g/mol. The Morgan fingerprint density at radius 3 is 2.66 bits per heavy atom. The van der Waals surface area contributed by atoms with Gasteiger partial charge in [-0.25, -0.2) is 4.68 Å². The molecule has 0 atom stereocenters. The molecule has 2 fully saturated rings. The lowest BCUT2D eigenvalue weighted by atomic mass is 10.1. The van der Waals surface area contributed by atoms with Crippen LogP contribution in [0.5, 0.6) is 0 Å². The first-order valence-electron chi connectivity index (χ1n) is 11.0. The summed E-state index contributed by atoms with van der Waals surface area (Å²) in [5.41, 5.74) is 2.83. The van der Waals surface area contributed by atoms with Crippen molar-refractivity contribution in [2.24, 2.45) is 0 Å². The standard InChI is InChI=1S/C22H32N6O/c29-22(21-17-28(26-25-21)20-8-10-23-11-9-20)24-15-18-6-5-7-19(14-18)16-27-12-3-1-2-4-13-27/h5-7,14,17,20,23H,1-4,8-13,15-16H2,(H,24,29). The number of carbonyl (C=O) groups excluding carboxylic acids is 1.